The number of carbonyl (C=O) groups excluding carboxylic acids is 1. The fraction of sp³-hybridized carbons (Fsp3) is 0.182. The van der Waals surface area contributed by atoms with E-state index in [9.17, 15) is 4.79 Å². The van der Waals surface area contributed by atoms with Gasteiger partial charge >= 0.3 is 0 Å². The first-order chi connectivity index (χ1) is 14.1. The first kappa shape index (κ1) is 18.4. The zero-order chi connectivity index (χ0) is 20.0. The topological polar surface area (TPSA) is 51.1 Å². The van der Waals surface area contributed by atoms with Crippen LogP contribution in [0.5, 0.6) is 11.5 Å². The zero-order valence-electron chi connectivity index (χ0n) is 15.5. The molecular formula is C22H17BrN2O3S. The van der Waals surface area contributed by atoms with E-state index in [1.54, 1.807) is 42.7 Å². The summed E-state index contributed by atoms with van der Waals surface area (Å²) in [6, 6.07) is 17.0. The first-order valence-corrected chi connectivity index (χ1v) is 10.9. The van der Waals surface area contributed by atoms with Gasteiger partial charge in [0, 0.05) is 22.0 Å². The van der Waals surface area contributed by atoms with Crippen LogP contribution < -0.4 is 9.47 Å². The number of hydrogen-bond donors (Lipinski definition) is 0. The maximum absolute atomic E-state index is 13.3. The third-order valence-electron chi connectivity index (χ3n) is 5.16. The lowest BCUT2D eigenvalue weighted by atomic mass is 9.97. The molecule has 0 saturated heterocycles. The molecule has 0 bridgehead atoms. The quantitative estimate of drug-likeness (QED) is 0.489. The van der Waals surface area contributed by atoms with Crippen molar-refractivity contribution in [1.82, 2.24) is 5.01 Å². The van der Waals surface area contributed by atoms with Gasteiger partial charge in [-0.05, 0) is 53.9 Å². The normalized spacial score (nSPS) is 19.8. The summed E-state index contributed by atoms with van der Waals surface area (Å²) < 4.78 is 12.3. The second kappa shape index (κ2) is 7.31. The number of ether oxygens (including phenoxy) is 2. The Morgan fingerprint density at radius 3 is 2.79 bits per heavy atom. The number of methoxy groups -OCH3 is 1. The fourth-order valence-corrected chi connectivity index (χ4v) is 4.82. The van der Waals surface area contributed by atoms with Crippen molar-refractivity contribution in [3.8, 4) is 11.5 Å². The van der Waals surface area contributed by atoms with Crippen molar-refractivity contribution >= 4 is 38.8 Å². The van der Waals surface area contributed by atoms with Crippen LogP contribution >= 0.6 is 27.3 Å². The van der Waals surface area contributed by atoms with Crippen molar-refractivity contribution < 1.29 is 14.3 Å². The lowest BCUT2D eigenvalue weighted by Crippen LogP contribution is -2.45. The minimum Gasteiger partial charge on any atom is -0.497 e. The minimum absolute atomic E-state index is 0.0412. The molecule has 0 aliphatic carbocycles. The lowest BCUT2D eigenvalue weighted by molar-refractivity contribution is -0.00459. The summed E-state index contributed by atoms with van der Waals surface area (Å²) >= 11 is 5.20. The Balaban J connectivity index is 1.55. The molecule has 3 aromatic rings. The third kappa shape index (κ3) is 3.24. The van der Waals surface area contributed by atoms with Crippen LogP contribution in [0.3, 0.4) is 0 Å². The molecule has 0 fully saturated rings. The molecule has 5 nitrogen and oxygen atoms in total. The van der Waals surface area contributed by atoms with Gasteiger partial charge in [0.2, 0.25) is 5.78 Å². The van der Waals surface area contributed by atoms with Crippen LogP contribution in [0.15, 0.2) is 69.6 Å². The molecule has 7 heteroatoms. The Morgan fingerprint density at radius 1 is 1.24 bits per heavy atom. The number of fused-ring (bicyclic) bond motifs is 3. The van der Waals surface area contributed by atoms with Crippen molar-refractivity contribution in [1.29, 1.82) is 0 Å². The van der Waals surface area contributed by atoms with Gasteiger partial charge in [0.1, 0.15) is 11.5 Å². The highest BCUT2D eigenvalue weighted by Gasteiger charge is 2.43. The standard InChI is InChI=1S/C22H17BrN2O3S/c1-27-15-7-4-13(5-8-15)21(26)22-25-18(12-17(24-25)20-3-2-10-29-20)16-11-14(23)6-9-19(16)28-22/h2-11,18,22H,12H2,1H3/t18-,22-/m0/s1. The van der Waals surface area contributed by atoms with E-state index >= 15 is 0 Å². The van der Waals surface area contributed by atoms with E-state index in [1.807, 2.05) is 34.7 Å². The minimum atomic E-state index is -0.806. The van der Waals surface area contributed by atoms with Crippen LogP contribution in [0.1, 0.15) is 33.3 Å². The molecule has 0 spiro atoms. The second-order valence-corrected chi connectivity index (χ2v) is 8.73. The predicted octanol–water partition coefficient (Wildman–Crippen LogP) is 5.27. The molecule has 0 amide bonds. The number of halogens is 1. The average molecular weight is 469 g/mol. The zero-order valence-corrected chi connectivity index (χ0v) is 17.9. The van der Waals surface area contributed by atoms with Crippen molar-refractivity contribution in [2.45, 2.75) is 18.7 Å². The maximum Gasteiger partial charge on any atom is 0.251 e. The molecule has 1 aromatic heterocycles. The van der Waals surface area contributed by atoms with Gasteiger partial charge in [-0.1, -0.05) is 22.0 Å². The van der Waals surface area contributed by atoms with Crippen molar-refractivity contribution in [3.05, 3.63) is 80.5 Å². The second-order valence-electron chi connectivity index (χ2n) is 6.87. The van der Waals surface area contributed by atoms with Crippen LogP contribution in [-0.2, 0) is 0 Å². The summed E-state index contributed by atoms with van der Waals surface area (Å²) in [5.74, 6) is 1.31. The molecule has 146 valence electrons. The highest BCUT2D eigenvalue weighted by atomic mass is 79.9. The largest absolute Gasteiger partial charge is 0.497 e. The summed E-state index contributed by atoms with van der Waals surface area (Å²) in [7, 11) is 1.60. The van der Waals surface area contributed by atoms with E-state index in [0.717, 1.165) is 32.8 Å². The van der Waals surface area contributed by atoms with Gasteiger partial charge in [0.15, 0.2) is 0 Å². The van der Waals surface area contributed by atoms with E-state index < -0.39 is 6.23 Å². The van der Waals surface area contributed by atoms with Crippen LogP contribution in [0, 0.1) is 0 Å². The molecule has 3 heterocycles. The number of hydrazone groups is 1. The van der Waals surface area contributed by atoms with E-state index in [1.165, 1.54) is 0 Å². The fourth-order valence-electron chi connectivity index (χ4n) is 3.72. The molecule has 2 aliphatic heterocycles. The molecule has 0 saturated carbocycles. The van der Waals surface area contributed by atoms with Gasteiger partial charge in [-0.3, -0.25) is 4.79 Å². The number of benzene rings is 2. The summed E-state index contributed by atoms with van der Waals surface area (Å²) in [4.78, 5) is 14.4. The van der Waals surface area contributed by atoms with Crippen molar-refractivity contribution in [3.63, 3.8) is 0 Å². The van der Waals surface area contributed by atoms with E-state index in [2.05, 4.69) is 22.0 Å². The summed E-state index contributed by atoms with van der Waals surface area (Å²) in [6.07, 6.45) is -0.0702. The highest BCUT2D eigenvalue weighted by molar-refractivity contribution is 9.10. The van der Waals surface area contributed by atoms with Gasteiger partial charge in [0.25, 0.3) is 6.23 Å². The molecular weight excluding hydrogens is 452 g/mol. The molecule has 0 radical (unpaired) electrons. The molecule has 0 unspecified atom stereocenters. The number of hydrogen-bond acceptors (Lipinski definition) is 6. The molecule has 2 atom stereocenters. The van der Waals surface area contributed by atoms with Gasteiger partial charge in [0.05, 0.1) is 23.7 Å². The Morgan fingerprint density at radius 2 is 2.07 bits per heavy atom. The SMILES string of the molecule is COc1ccc(C(=O)[C@@H]2Oc3ccc(Br)cc3[C@@H]3CC(c4cccs4)=NN23)cc1. The Bertz CT molecular complexity index is 1100. The molecule has 2 aromatic carbocycles. The van der Waals surface area contributed by atoms with Crippen LogP contribution in [0.2, 0.25) is 0 Å². The Hall–Kier alpha value is -2.64. The lowest BCUT2D eigenvalue weighted by Gasteiger charge is -2.37. The number of nitrogens with zero attached hydrogens (tertiary/aromatic N) is 2. The number of Topliss-reactive ketones (excluding diaryl/α,β-unsaturated/α-hetero) is 1. The van der Waals surface area contributed by atoms with Crippen molar-refractivity contribution in [2.24, 2.45) is 5.10 Å². The van der Waals surface area contributed by atoms with Crippen LogP contribution in [-0.4, -0.2) is 29.8 Å². The maximum atomic E-state index is 13.3. The molecule has 5 rings (SSSR count). The smallest absolute Gasteiger partial charge is 0.251 e. The third-order valence-corrected chi connectivity index (χ3v) is 6.57. The Labute approximate surface area is 180 Å². The molecule has 0 N–H and O–H groups in total. The first-order valence-electron chi connectivity index (χ1n) is 9.18. The monoisotopic (exact) mass is 468 g/mol. The molecule has 2 aliphatic rings. The van der Waals surface area contributed by atoms with E-state index in [4.69, 9.17) is 14.6 Å². The molecule has 29 heavy (non-hydrogen) atoms. The Kier molecular flexibility index (Phi) is 4.64. The average Bonchev–Trinajstić information content (AvgIpc) is 3.43. The van der Waals surface area contributed by atoms with Gasteiger partial charge in [-0.15, -0.1) is 11.3 Å². The van der Waals surface area contributed by atoms with Crippen LogP contribution in [0.4, 0.5) is 0 Å². The van der Waals surface area contributed by atoms with E-state index in [0.29, 0.717) is 11.3 Å². The number of rotatable bonds is 4. The van der Waals surface area contributed by atoms with Crippen LogP contribution in [0.25, 0.3) is 0 Å². The van der Waals surface area contributed by atoms with Gasteiger partial charge in [-0.25, -0.2) is 5.01 Å². The van der Waals surface area contributed by atoms with E-state index in [-0.39, 0.29) is 11.8 Å². The summed E-state index contributed by atoms with van der Waals surface area (Å²) in [5, 5.41) is 8.67. The summed E-state index contributed by atoms with van der Waals surface area (Å²) in [6.45, 7) is 0. The van der Waals surface area contributed by atoms with Crippen molar-refractivity contribution in [2.75, 3.05) is 7.11 Å². The van der Waals surface area contributed by atoms with Gasteiger partial charge < -0.3 is 9.47 Å². The highest BCUT2D eigenvalue weighted by Crippen LogP contribution is 2.44. The number of thiophene rings is 1. The number of ketones is 1. The number of carbonyl (C=O) groups is 1. The predicted molar refractivity (Wildman–Crippen MR) is 116 cm³/mol. The summed E-state index contributed by atoms with van der Waals surface area (Å²) in [5.41, 5.74) is 2.58. The van der Waals surface area contributed by atoms with Gasteiger partial charge in [-0.2, -0.15) is 5.10 Å².